The van der Waals surface area contributed by atoms with Gasteiger partial charge in [0.2, 0.25) is 0 Å². The summed E-state index contributed by atoms with van der Waals surface area (Å²) in [5, 5.41) is 0. The van der Waals surface area contributed by atoms with Crippen molar-refractivity contribution in [3.8, 4) is 11.5 Å². The number of hydrogen-bond acceptors (Lipinski definition) is 2. The third-order valence-electron chi connectivity index (χ3n) is 5.18. The van der Waals surface area contributed by atoms with E-state index in [1.165, 1.54) is 13.1 Å². The molecule has 0 bridgehead atoms. The van der Waals surface area contributed by atoms with Crippen LogP contribution in [0.2, 0.25) is 0 Å². The third-order valence-corrected chi connectivity index (χ3v) is 20.2. The minimum absolute atomic E-state index is 0.906. The van der Waals surface area contributed by atoms with Gasteiger partial charge in [0, 0.05) is 0 Å². The van der Waals surface area contributed by atoms with Crippen LogP contribution in [0.25, 0.3) is 0 Å². The normalized spacial score (nSPS) is 10.9. The summed E-state index contributed by atoms with van der Waals surface area (Å²) in [6, 6.07) is 50.8. The van der Waals surface area contributed by atoms with E-state index in [1.807, 2.05) is 0 Å². The Morgan fingerprint density at radius 1 is 0.294 bits per heavy atom. The zero-order valence-corrected chi connectivity index (χ0v) is 25.5. The summed E-state index contributed by atoms with van der Waals surface area (Å²) in [6.07, 6.45) is 0. The predicted octanol–water partition coefficient (Wildman–Crippen LogP) is 4.06. The fraction of sp³-hybridized carbons (Fsp3) is 0. The second-order valence-electron chi connectivity index (χ2n) is 7.58. The average Bonchev–Trinajstić information content (AvgIpc) is 2.93. The molecule has 0 aromatic heterocycles. The van der Waals surface area contributed by atoms with Crippen molar-refractivity contribution >= 4 is 57.5 Å². The molecule has 5 aromatic rings. The summed E-state index contributed by atoms with van der Waals surface area (Å²) in [4.78, 5) is 0. The van der Waals surface area contributed by atoms with Crippen molar-refractivity contribution in [3.05, 3.63) is 146 Å². The van der Waals surface area contributed by atoms with E-state index < -0.39 is 44.4 Å². The van der Waals surface area contributed by atoms with Crippen LogP contribution < -0.4 is 18.7 Å². The maximum atomic E-state index is 6.68. The van der Waals surface area contributed by atoms with Crippen LogP contribution in [0.15, 0.2) is 146 Å². The molecule has 0 aliphatic heterocycles. The summed E-state index contributed by atoms with van der Waals surface area (Å²) in [5.74, 6) is 1.81. The molecule has 5 aromatic carbocycles. The van der Waals surface area contributed by atoms with Gasteiger partial charge < -0.3 is 0 Å². The number of rotatable bonds is 8. The van der Waals surface area contributed by atoms with Gasteiger partial charge in [0.1, 0.15) is 0 Å². The minimum atomic E-state index is -2.63. The Hall–Kier alpha value is -2.53. The Balaban J connectivity index is 1.38. The molecule has 4 heteroatoms. The van der Waals surface area contributed by atoms with Crippen LogP contribution in [-0.4, -0.2) is 44.4 Å². The summed E-state index contributed by atoms with van der Waals surface area (Å²) in [6.45, 7) is 0. The molecular weight excluding hydrogens is 810 g/mol. The second-order valence-corrected chi connectivity index (χ2v) is 21.6. The summed E-state index contributed by atoms with van der Waals surface area (Å²) in [7, 11) is 0. The zero-order valence-electron chi connectivity index (χ0n) is 18.6. The molecule has 34 heavy (non-hydrogen) atoms. The Morgan fingerprint density at radius 2 is 0.529 bits per heavy atom. The van der Waals surface area contributed by atoms with Gasteiger partial charge in [0.25, 0.3) is 0 Å². The number of benzene rings is 5. The van der Waals surface area contributed by atoms with Crippen molar-refractivity contribution < 1.29 is 5.63 Å². The van der Waals surface area contributed by atoms with Gasteiger partial charge in [-0.2, -0.15) is 0 Å². The van der Waals surface area contributed by atoms with E-state index in [9.17, 15) is 0 Å². The topological polar surface area (TPSA) is 18.5 Å². The molecule has 0 atom stereocenters. The van der Waals surface area contributed by atoms with E-state index in [2.05, 4.69) is 146 Å². The molecule has 0 radical (unpaired) electrons. The van der Waals surface area contributed by atoms with Gasteiger partial charge in [-0.15, -0.1) is 0 Å². The quantitative estimate of drug-likeness (QED) is 0.220. The van der Waals surface area contributed by atoms with E-state index in [4.69, 9.17) is 5.63 Å². The first-order valence-corrected chi connectivity index (χ1v) is 20.9. The van der Waals surface area contributed by atoms with Gasteiger partial charge in [-0.05, 0) is 0 Å². The fourth-order valence-electron chi connectivity index (χ4n) is 3.53. The Labute approximate surface area is 218 Å². The average molecular weight is 834 g/mol. The molecule has 0 aliphatic carbocycles. The first-order chi connectivity index (χ1) is 16.9. The second kappa shape index (κ2) is 11.7. The number of hydrogen-bond donors (Lipinski definition) is 0. The molecule has 166 valence electrons. The fourth-order valence-corrected chi connectivity index (χ4v) is 17.0. The van der Waals surface area contributed by atoms with Crippen LogP contribution >= 0.6 is 0 Å². The van der Waals surface area contributed by atoms with Crippen LogP contribution in [-0.2, 0) is 0 Å². The first kappa shape index (κ1) is 23.2. The van der Waals surface area contributed by atoms with Gasteiger partial charge >= 0.3 is 220 Å². The Bertz CT molecular complexity index is 1100. The zero-order chi connectivity index (χ0) is 23.0. The summed E-state index contributed by atoms with van der Waals surface area (Å²) >= 11 is -5.26. The molecule has 0 heterocycles. The summed E-state index contributed by atoms with van der Waals surface area (Å²) < 4.78 is 18.7. The van der Waals surface area contributed by atoms with E-state index in [-0.39, 0.29) is 0 Å². The molecule has 2 nitrogen and oxygen atoms in total. The van der Waals surface area contributed by atoms with Crippen molar-refractivity contribution in [2.24, 2.45) is 0 Å². The monoisotopic (exact) mass is 834 g/mol. The molecular formula is C30H24Bi2O2. The third kappa shape index (κ3) is 5.93. The predicted molar refractivity (Wildman–Crippen MR) is 144 cm³/mol. The van der Waals surface area contributed by atoms with Crippen molar-refractivity contribution in [3.63, 3.8) is 0 Å². The van der Waals surface area contributed by atoms with Crippen LogP contribution in [0, 0.1) is 0 Å². The van der Waals surface area contributed by atoms with Crippen molar-refractivity contribution in [2.45, 2.75) is 0 Å². The Morgan fingerprint density at radius 3 is 0.765 bits per heavy atom. The van der Waals surface area contributed by atoms with Crippen LogP contribution in [0.5, 0.6) is 11.5 Å². The molecule has 0 fully saturated rings. The van der Waals surface area contributed by atoms with Gasteiger partial charge in [0.15, 0.2) is 0 Å². The van der Waals surface area contributed by atoms with E-state index in [0.717, 1.165) is 11.5 Å². The maximum absolute atomic E-state index is 6.68. The van der Waals surface area contributed by atoms with E-state index >= 15 is 0 Å². The van der Waals surface area contributed by atoms with Crippen molar-refractivity contribution in [1.82, 2.24) is 0 Å². The molecule has 0 saturated heterocycles. The van der Waals surface area contributed by atoms with Gasteiger partial charge in [0.05, 0.1) is 0 Å². The SMILES string of the molecule is c1cc[c]([Bi]([O]c2ccc([O][Bi]([c]3ccccc3)[c]3ccccc3)cc2)[c]2ccccc2)cc1. The van der Waals surface area contributed by atoms with Crippen molar-refractivity contribution in [1.29, 1.82) is 0 Å². The van der Waals surface area contributed by atoms with Crippen LogP contribution in [0.4, 0.5) is 0 Å². The molecule has 0 unspecified atom stereocenters. The standard InChI is InChI=1S/C6H6O2.4C6H5.2Bi/c7-5-1-2-6(8)4-3-5;4*1-2-4-6-5-3-1;;/h1-4,7-8H;4*1-5H;;/q;;;;;2*+1/p-2. The van der Waals surface area contributed by atoms with Crippen molar-refractivity contribution in [2.75, 3.05) is 0 Å². The van der Waals surface area contributed by atoms with Gasteiger partial charge in [-0.25, -0.2) is 0 Å². The molecule has 0 N–H and O–H groups in total. The van der Waals surface area contributed by atoms with Crippen LogP contribution in [0.3, 0.4) is 0 Å². The first-order valence-electron chi connectivity index (χ1n) is 11.1. The molecule has 0 aliphatic rings. The molecule has 0 spiro atoms. The van der Waals surface area contributed by atoms with E-state index in [0.29, 0.717) is 0 Å². The Kier molecular flexibility index (Phi) is 8.02. The molecule has 5 rings (SSSR count). The van der Waals surface area contributed by atoms with Gasteiger partial charge in [-0.3, -0.25) is 0 Å². The van der Waals surface area contributed by atoms with E-state index in [1.54, 1.807) is 0 Å². The molecule has 0 amide bonds. The molecule has 0 saturated carbocycles. The van der Waals surface area contributed by atoms with Gasteiger partial charge in [-0.1, -0.05) is 0 Å². The van der Waals surface area contributed by atoms with Crippen LogP contribution in [0.1, 0.15) is 0 Å². The summed E-state index contributed by atoms with van der Waals surface area (Å²) in [5.41, 5.74) is 0.